The van der Waals surface area contributed by atoms with Gasteiger partial charge in [0.1, 0.15) is 0 Å². The highest BCUT2D eigenvalue weighted by Crippen LogP contribution is 2.29. The lowest BCUT2D eigenvalue weighted by Gasteiger charge is -2.08. The van der Waals surface area contributed by atoms with Gasteiger partial charge in [-0.05, 0) is 31.5 Å². The average molecular weight is 261 g/mol. The smallest absolute Gasteiger partial charge is 0.304 e. The van der Waals surface area contributed by atoms with E-state index >= 15 is 0 Å². The van der Waals surface area contributed by atoms with Gasteiger partial charge in [-0.1, -0.05) is 11.6 Å². The normalized spacial score (nSPS) is 10.8. The molecule has 0 saturated heterocycles. The molecular weight excluding hydrogens is 246 g/mol. The number of aromatic nitrogens is 1. The molecule has 0 saturated carbocycles. The zero-order chi connectivity index (χ0) is 13.1. The van der Waals surface area contributed by atoms with Crippen LogP contribution in [0.5, 0.6) is 0 Å². The number of thioether (sulfide) groups is 1. The highest BCUT2D eigenvalue weighted by molar-refractivity contribution is 7.99. The Kier molecular flexibility index (Phi) is 3.87. The number of benzene rings is 1. The molecule has 3 nitrogen and oxygen atoms in total. The number of hydrogen-bond donors (Lipinski definition) is 1. The number of rotatable bonds is 4. The fourth-order valence-corrected chi connectivity index (χ4v) is 2.93. The summed E-state index contributed by atoms with van der Waals surface area (Å²) >= 11 is 1.57. The van der Waals surface area contributed by atoms with E-state index in [0.717, 1.165) is 21.4 Å². The van der Waals surface area contributed by atoms with Crippen molar-refractivity contribution in [2.75, 3.05) is 5.75 Å². The maximum absolute atomic E-state index is 10.5. The van der Waals surface area contributed by atoms with Crippen molar-refractivity contribution >= 4 is 28.6 Å². The van der Waals surface area contributed by atoms with Crippen LogP contribution in [0.4, 0.5) is 0 Å². The van der Waals surface area contributed by atoms with Crippen LogP contribution in [0.2, 0.25) is 0 Å². The minimum absolute atomic E-state index is 0.180. The van der Waals surface area contributed by atoms with Crippen LogP contribution in [-0.4, -0.2) is 21.8 Å². The van der Waals surface area contributed by atoms with Gasteiger partial charge in [0.2, 0.25) is 0 Å². The lowest BCUT2D eigenvalue weighted by molar-refractivity contribution is -0.136. The molecule has 0 amide bonds. The summed E-state index contributed by atoms with van der Waals surface area (Å²) in [5, 5.41) is 9.78. The fourth-order valence-electron chi connectivity index (χ4n) is 1.96. The largest absolute Gasteiger partial charge is 0.481 e. The summed E-state index contributed by atoms with van der Waals surface area (Å²) in [7, 11) is 0. The molecule has 1 aromatic heterocycles. The predicted molar refractivity (Wildman–Crippen MR) is 74.2 cm³/mol. The van der Waals surface area contributed by atoms with Gasteiger partial charge in [-0.15, -0.1) is 11.8 Å². The first-order valence-corrected chi connectivity index (χ1v) is 6.77. The Morgan fingerprint density at radius 2 is 2.17 bits per heavy atom. The number of carboxylic acids is 1. The third kappa shape index (κ3) is 2.82. The van der Waals surface area contributed by atoms with E-state index in [1.807, 2.05) is 13.0 Å². The van der Waals surface area contributed by atoms with Crippen LogP contribution in [-0.2, 0) is 4.79 Å². The van der Waals surface area contributed by atoms with E-state index in [-0.39, 0.29) is 6.42 Å². The van der Waals surface area contributed by atoms with Crippen molar-refractivity contribution in [1.29, 1.82) is 0 Å². The van der Waals surface area contributed by atoms with Crippen molar-refractivity contribution in [2.24, 2.45) is 0 Å². The Balaban J connectivity index is 2.35. The summed E-state index contributed by atoms with van der Waals surface area (Å²) in [6, 6.07) is 6.17. The second kappa shape index (κ2) is 5.40. The van der Waals surface area contributed by atoms with Crippen molar-refractivity contribution < 1.29 is 9.90 Å². The molecule has 0 fully saturated rings. The molecule has 0 unspecified atom stereocenters. The lowest BCUT2D eigenvalue weighted by Crippen LogP contribution is -1.96. The van der Waals surface area contributed by atoms with Gasteiger partial charge >= 0.3 is 5.97 Å². The Morgan fingerprint density at radius 1 is 1.39 bits per heavy atom. The van der Waals surface area contributed by atoms with Gasteiger partial charge in [0.05, 0.1) is 11.9 Å². The number of fused-ring (bicyclic) bond motifs is 1. The van der Waals surface area contributed by atoms with Crippen molar-refractivity contribution in [3.05, 3.63) is 35.5 Å². The number of hydrogen-bond acceptors (Lipinski definition) is 3. The van der Waals surface area contributed by atoms with Gasteiger partial charge in [-0.25, -0.2) is 0 Å². The van der Waals surface area contributed by atoms with Crippen LogP contribution in [0.1, 0.15) is 17.5 Å². The maximum Gasteiger partial charge on any atom is 0.304 e. The van der Waals surface area contributed by atoms with E-state index in [2.05, 4.69) is 24.0 Å². The molecule has 2 rings (SSSR count). The molecule has 0 radical (unpaired) electrons. The number of aryl methyl sites for hydroxylation is 2. The highest BCUT2D eigenvalue weighted by atomic mass is 32.2. The third-order valence-corrected chi connectivity index (χ3v) is 3.79. The number of pyridine rings is 1. The van der Waals surface area contributed by atoms with E-state index in [9.17, 15) is 4.79 Å². The third-order valence-electron chi connectivity index (χ3n) is 2.71. The minimum Gasteiger partial charge on any atom is -0.481 e. The zero-order valence-electron chi connectivity index (χ0n) is 10.4. The van der Waals surface area contributed by atoms with E-state index < -0.39 is 5.97 Å². The molecule has 0 atom stereocenters. The second-order valence-corrected chi connectivity index (χ2v) is 5.42. The molecule has 1 N–H and O–H groups in total. The van der Waals surface area contributed by atoms with Gasteiger partial charge < -0.3 is 5.11 Å². The summed E-state index contributed by atoms with van der Waals surface area (Å²) < 4.78 is 0. The maximum atomic E-state index is 10.5. The second-order valence-electron chi connectivity index (χ2n) is 4.28. The molecule has 0 aliphatic rings. The molecule has 1 aromatic carbocycles. The van der Waals surface area contributed by atoms with Crippen LogP contribution in [0.15, 0.2) is 29.3 Å². The number of nitrogens with zero attached hydrogens (tertiary/aromatic N) is 1. The fraction of sp³-hybridized carbons (Fsp3) is 0.286. The van der Waals surface area contributed by atoms with Gasteiger partial charge in [0.25, 0.3) is 0 Å². The SMILES string of the molecule is Cc1cc(C)c2nccc(SCCC(=O)O)c2c1. The van der Waals surface area contributed by atoms with Gasteiger partial charge in [0.15, 0.2) is 0 Å². The van der Waals surface area contributed by atoms with Crippen molar-refractivity contribution in [2.45, 2.75) is 25.2 Å². The van der Waals surface area contributed by atoms with Gasteiger partial charge in [-0.2, -0.15) is 0 Å². The molecule has 0 aliphatic carbocycles. The van der Waals surface area contributed by atoms with Crippen molar-refractivity contribution in [1.82, 2.24) is 4.98 Å². The molecule has 94 valence electrons. The summed E-state index contributed by atoms with van der Waals surface area (Å²) in [4.78, 5) is 16.0. The molecular formula is C14H15NO2S. The predicted octanol–water partition coefficient (Wildman–Crippen LogP) is 3.42. The highest BCUT2D eigenvalue weighted by Gasteiger charge is 2.06. The molecule has 18 heavy (non-hydrogen) atoms. The minimum atomic E-state index is -0.756. The Hall–Kier alpha value is -1.55. The van der Waals surface area contributed by atoms with E-state index in [0.29, 0.717) is 5.75 Å². The quantitative estimate of drug-likeness (QED) is 0.857. The first kappa shape index (κ1) is 12.9. The summed E-state index contributed by atoms with van der Waals surface area (Å²) in [5.74, 6) is -0.172. The summed E-state index contributed by atoms with van der Waals surface area (Å²) in [5.41, 5.74) is 3.36. The Labute approximate surface area is 110 Å². The topological polar surface area (TPSA) is 50.2 Å². The van der Waals surface area contributed by atoms with Crippen LogP contribution in [0, 0.1) is 13.8 Å². The van der Waals surface area contributed by atoms with Crippen LogP contribution in [0.3, 0.4) is 0 Å². The number of carboxylic acid groups (broad SMARTS) is 1. The van der Waals surface area contributed by atoms with Crippen molar-refractivity contribution in [3.63, 3.8) is 0 Å². The zero-order valence-corrected chi connectivity index (χ0v) is 11.3. The Bertz CT molecular complexity index is 596. The van der Waals surface area contributed by atoms with Crippen molar-refractivity contribution in [3.8, 4) is 0 Å². The molecule has 4 heteroatoms. The lowest BCUT2D eigenvalue weighted by atomic mass is 10.1. The molecule has 1 heterocycles. The molecule has 2 aromatic rings. The molecule has 0 aliphatic heterocycles. The van der Waals surface area contributed by atoms with E-state index in [4.69, 9.17) is 5.11 Å². The van der Waals surface area contributed by atoms with Crippen LogP contribution < -0.4 is 0 Å². The van der Waals surface area contributed by atoms with Crippen LogP contribution >= 0.6 is 11.8 Å². The average Bonchev–Trinajstić information content (AvgIpc) is 2.29. The monoisotopic (exact) mass is 261 g/mol. The van der Waals surface area contributed by atoms with Crippen LogP contribution in [0.25, 0.3) is 10.9 Å². The Morgan fingerprint density at radius 3 is 2.89 bits per heavy atom. The first-order chi connectivity index (χ1) is 8.58. The summed E-state index contributed by atoms with van der Waals surface area (Å²) in [6.07, 6.45) is 1.97. The van der Waals surface area contributed by atoms with E-state index in [1.165, 1.54) is 5.56 Å². The molecule has 0 bridgehead atoms. The number of aliphatic carboxylic acids is 1. The van der Waals surface area contributed by atoms with Gasteiger partial charge in [-0.3, -0.25) is 9.78 Å². The number of carbonyl (C=O) groups is 1. The molecule has 0 spiro atoms. The van der Waals surface area contributed by atoms with Gasteiger partial charge in [0, 0.05) is 22.2 Å². The summed E-state index contributed by atoms with van der Waals surface area (Å²) in [6.45, 7) is 4.11. The standard InChI is InChI=1S/C14H15NO2S/c1-9-7-10(2)14-11(8-9)12(3-5-15-14)18-6-4-13(16)17/h3,5,7-8H,4,6H2,1-2H3,(H,16,17). The first-order valence-electron chi connectivity index (χ1n) is 5.78. The van der Waals surface area contributed by atoms with E-state index in [1.54, 1.807) is 18.0 Å².